The molecule has 1 aliphatic rings. The lowest BCUT2D eigenvalue weighted by molar-refractivity contribution is 0.200. The molecule has 2 rings (SSSR count). The number of rotatable bonds is 5. The molecule has 0 aromatic heterocycles. The van der Waals surface area contributed by atoms with Crippen LogP contribution < -0.4 is 10.6 Å². The van der Waals surface area contributed by atoms with Crippen molar-refractivity contribution in [3.05, 3.63) is 29.8 Å². The Labute approximate surface area is 125 Å². The molecule has 3 N–H and O–H groups in total. The second kappa shape index (κ2) is 6.62. The van der Waals surface area contributed by atoms with Gasteiger partial charge in [0.25, 0.3) is 10.0 Å². The molecule has 0 amide bonds. The number of sulfonamides is 1. The molecule has 1 heterocycles. The molecule has 0 atom stereocenters. The quantitative estimate of drug-likeness (QED) is 0.799. The van der Waals surface area contributed by atoms with E-state index in [9.17, 15) is 8.42 Å². The lowest BCUT2D eigenvalue weighted by Gasteiger charge is -2.26. The molecule has 0 aliphatic carbocycles. The largest absolute Gasteiger partial charge is 0.393 e. The molecule has 1 aliphatic heterocycles. The Morgan fingerprint density at radius 2 is 1.80 bits per heavy atom. The highest BCUT2D eigenvalue weighted by atomic mass is 32.2. The first kappa shape index (κ1) is 15.4. The number of nitrogens with two attached hydrogens (primary N) is 1. The van der Waals surface area contributed by atoms with E-state index in [2.05, 4.69) is 4.83 Å². The molecule has 110 valence electrons. The third-order valence-corrected chi connectivity index (χ3v) is 4.75. The number of benzene rings is 1. The molecular weight excluding hydrogens is 294 g/mol. The lowest BCUT2D eigenvalue weighted by atomic mass is 10.1. The second-order valence-corrected chi connectivity index (χ2v) is 7.11. The van der Waals surface area contributed by atoms with Gasteiger partial charge < -0.3 is 5.73 Å². The Bertz CT molecular complexity index is 564. The minimum absolute atomic E-state index is 0.259. The molecule has 0 spiro atoms. The van der Waals surface area contributed by atoms with E-state index in [1.807, 2.05) is 0 Å². The summed E-state index contributed by atoms with van der Waals surface area (Å²) < 4.78 is 24.5. The molecular formula is C13H19N3O2S2. The number of hydrazine groups is 1. The number of nitrogens with zero attached hydrogens (tertiary/aromatic N) is 1. The van der Waals surface area contributed by atoms with Crippen LogP contribution in [0.15, 0.2) is 29.2 Å². The summed E-state index contributed by atoms with van der Waals surface area (Å²) in [4.78, 5) is 3.28. The van der Waals surface area contributed by atoms with Crippen molar-refractivity contribution in [2.24, 2.45) is 5.73 Å². The number of hydrogen-bond acceptors (Lipinski definition) is 4. The van der Waals surface area contributed by atoms with Crippen LogP contribution in [0.2, 0.25) is 0 Å². The lowest BCUT2D eigenvalue weighted by Crippen LogP contribution is -2.44. The van der Waals surface area contributed by atoms with Gasteiger partial charge >= 0.3 is 0 Å². The van der Waals surface area contributed by atoms with Crippen LogP contribution in [-0.2, 0) is 16.4 Å². The fraction of sp³-hybridized carbons (Fsp3) is 0.462. The normalized spacial score (nSPS) is 17.0. The Balaban J connectivity index is 2.06. The fourth-order valence-corrected chi connectivity index (χ4v) is 3.48. The highest BCUT2D eigenvalue weighted by Crippen LogP contribution is 2.13. The average Bonchev–Trinajstić information content (AvgIpc) is 2.39. The van der Waals surface area contributed by atoms with Crippen molar-refractivity contribution in [3.63, 3.8) is 0 Å². The summed E-state index contributed by atoms with van der Waals surface area (Å²) in [6, 6.07) is 6.65. The van der Waals surface area contributed by atoms with E-state index in [4.69, 9.17) is 18.0 Å². The van der Waals surface area contributed by atoms with Gasteiger partial charge in [-0.25, -0.2) is 13.4 Å². The minimum Gasteiger partial charge on any atom is -0.393 e. The molecule has 20 heavy (non-hydrogen) atoms. The second-order valence-electron chi connectivity index (χ2n) is 4.93. The first-order chi connectivity index (χ1) is 9.47. The summed E-state index contributed by atoms with van der Waals surface area (Å²) in [5.74, 6) is 0. The summed E-state index contributed by atoms with van der Waals surface area (Å²) in [6.07, 6.45) is 3.69. The predicted octanol–water partition coefficient (Wildman–Crippen LogP) is 1.19. The van der Waals surface area contributed by atoms with Crippen LogP contribution in [0.5, 0.6) is 0 Å². The fourth-order valence-electron chi connectivity index (χ4n) is 2.20. The zero-order valence-electron chi connectivity index (χ0n) is 11.2. The van der Waals surface area contributed by atoms with Gasteiger partial charge in [-0.15, -0.1) is 4.83 Å². The first-order valence-corrected chi connectivity index (χ1v) is 8.51. The molecule has 1 aromatic rings. The maximum absolute atomic E-state index is 12.2. The van der Waals surface area contributed by atoms with Crippen molar-refractivity contribution in [2.45, 2.75) is 30.6 Å². The van der Waals surface area contributed by atoms with Crippen LogP contribution in [0.25, 0.3) is 0 Å². The molecule has 7 heteroatoms. The van der Waals surface area contributed by atoms with Crippen LogP contribution in [-0.4, -0.2) is 31.5 Å². The molecule has 1 saturated heterocycles. The van der Waals surface area contributed by atoms with Crippen molar-refractivity contribution in [1.82, 2.24) is 9.84 Å². The van der Waals surface area contributed by atoms with Gasteiger partial charge in [0.05, 0.1) is 9.88 Å². The monoisotopic (exact) mass is 313 g/mol. The molecule has 5 nitrogen and oxygen atoms in total. The first-order valence-electron chi connectivity index (χ1n) is 6.62. The van der Waals surface area contributed by atoms with E-state index < -0.39 is 10.0 Å². The Morgan fingerprint density at radius 3 is 2.35 bits per heavy atom. The third kappa shape index (κ3) is 4.24. The van der Waals surface area contributed by atoms with Crippen LogP contribution in [0.4, 0.5) is 0 Å². The molecule has 0 bridgehead atoms. The zero-order chi connectivity index (χ0) is 14.6. The maximum atomic E-state index is 12.2. The summed E-state index contributed by atoms with van der Waals surface area (Å²) in [6.45, 7) is 1.53. The van der Waals surface area contributed by atoms with E-state index in [0.29, 0.717) is 11.4 Å². The van der Waals surface area contributed by atoms with Crippen molar-refractivity contribution in [2.75, 3.05) is 13.1 Å². The van der Waals surface area contributed by atoms with E-state index in [-0.39, 0.29) is 4.90 Å². The van der Waals surface area contributed by atoms with Gasteiger partial charge in [0, 0.05) is 19.5 Å². The smallest absolute Gasteiger partial charge is 0.253 e. The van der Waals surface area contributed by atoms with Crippen molar-refractivity contribution >= 4 is 27.2 Å². The standard InChI is InChI=1S/C13H19N3O2S2/c14-13(19)10-11-4-6-12(7-5-11)20(17,18)15-16-8-2-1-3-9-16/h4-7,15H,1-3,8-10H2,(H2,14,19). The van der Waals surface area contributed by atoms with Gasteiger partial charge in [-0.1, -0.05) is 30.8 Å². The van der Waals surface area contributed by atoms with Crippen LogP contribution in [0.3, 0.4) is 0 Å². The van der Waals surface area contributed by atoms with Gasteiger partial charge in [0.1, 0.15) is 0 Å². The highest BCUT2D eigenvalue weighted by molar-refractivity contribution is 7.89. The minimum atomic E-state index is -3.49. The Hall–Kier alpha value is -1.02. The predicted molar refractivity (Wildman–Crippen MR) is 82.7 cm³/mol. The van der Waals surface area contributed by atoms with Gasteiger partial charge in [0.15, 0.2) is 0 Å². The van der Waals surface area contributed by atoms with Crippen LogP contribution in [0, 0.1) is 0 Å². The highest BCUT2D eigenvalue weighted by Gasteiger charge is 2.19. The Kier molecular flexibility index (Phi) is 5.09. The molecule has 1 fully saturated rings. The van der Waals surface area contributed by atoms with Crippen molar-refractivity contribution < 1.29 is 8.42 Å². The van der Waals surface area contributed by atoms with Gasteiger partial charge in [-0.2, -0.15) is 0 Å². The van der Waals surface area contributed by atoms with Crippen LogP contribution in [0.1, 0.15) is 24.8 Å². The summed E-state index contributed by atoms with van der Waals surface area (Å²) >= 11 is 4.83. The van der Waals surface area contributed by atoms with Gasteiger partial charge in [-0.05, 0) is 30.5 Å². The molecule has 0 unspecified atom stereocenters. The van der Waals surface area contributed by atoms with Gasteiger partial charge in [0.2, 0.25) is 0 Å². The maximum Gasteiger partial charge on any atom is 0.253 e. The average molecular weight is 313 g/mol. The van der Waals surface area contributed by atoms with E-state index in [1.54, 1.807) is 29.3 Å². The van der Waals surface area contributed by atoms with Crippen molar-refractivity contribution in [1.29, 1.82) is 0 Å². The number of piperidine rings is 1. The number of hydrogen-bond donors (Lipinski definition) is 2. The Morgan fingerprint density at radius 1 is 1.20 bits per heavy atom. The summed E-state index contributed by atoms with van der Waals surface area (Å²) in [5.41, 5.74) is 6.38. The number of nitrogens with one attached hydrogen (secondary N) is 1. The van der Waals surface area contributed by atoms with E-state index >= 15 is 0 Å². The van der Waals surface area contributed by atoms with Crippen LogP contribution >= 0.6 is 12.2 Å². The topological polar surface area (TPSA) is 75.4 Å². The van der Waals surface area contributed by atoms with Gasteiger partial charge in [-0.3, -0.25) is 0 Å². The van der Waals surface area contributed by atoms with E-state index in [0.717, 1.165) is 37.9 Å². The summed E-state index contributed by atoms with van der Waals surface area (Å²) in [7, 11) is -3.49. The number of thiocarbonyl (C=S) groups is 1. The molecule has 0 radical (unpaired) electrons. The van der Waals surface area contributed by atoms with E-state index in [1.165, 1.54) is 0 Å². The van der Waals surface area contributed by atoms with Crippen molar-refractivity contribution in [3.8, 4) is 0 Å². The SMILES string of the molecule is NC(=S)Cc1ccc(S(=O)(=O)NN2CCCCC2)cc1. The molecule has 0 saturated carbocycles. The zero-order valence-corrected chi connectivity index (χ0v) is 12.8. The molecule has 1 aromatic carbocycles. The summed E-state index contributed by atoms with van der Waals surface area (Å²) in [5, 5.41) is 1.77. The third-order valence-electron chi connectivity index (χ3n) is 3.22.